The molecule has 0 radical (unpaired) electrons. The summed E-state index contributed by atoms with van der Waals surface area (Å²) < 4.78 is 5.23. The van der Waals surface area contributed by atoms with Crippen LogP contribution in [0.15, 0.2) is 6.07 Å². The third-order valence-corrected chi connectivity index (χ3v) is 3.48. The van der Waals surface area contributed by atoms with Crippen LogP contribution in [0.25, 0.3) is 0 Å². The van der Waals surface area contributed by atoms with Crippen molar-refractivity contribution < 1.29 is 4.74 Å². The van der Waals surface area contributed by atoms with Crippen LogP contribution in [0.1, 0.15) is 28.5 Å². The Bertz CT molecular complexity index is 257. The molecule has 3 heteroatoms. The number of nitrogens with two attached hydrogens (primary N) is 1. The van der Waals surface area contributed by atoms with Gasteiger partial charge in [-0.1, -0.05) is 0 Å². The molecule has 2 N–H and O–H groups in total. The van der Waals surface area contributed by atoms with Gasteiger partial charge in [0.15, 0.2) is 0 Å². The number of hydrogen-bond donors (Lipinski definition) is 1. The maximum atomic E-state index is 5.59. The first-order chi connectivity index (χ1) is 5.85. The highest BCUT2D eigenvalue weighted by molar-refractivity contribution is 7.12. The molecule has 1 fully saturated rings. The monoisotopic (exact) mass is 183 g/mol. The second-order valence-electron chi connectivity index (χ2n) is 3.12. The Kier molecular flexibility index (Phi) is 2.07. The van der Waals surface area contributed by atoms with Gasteiger partial charge in [0.1, 0.15) is 5.75 Å². The van der Waals surface area contributed by atoms with E-state index in [0.717, 1.165) is 11.7 Å². The Labute approximate surface area is 76.3 Å². The van der Waals surface area contributed by atoms with Gasteiger partial charge in [0, 0.05) is 11.4 Å². The summed E-state index contributed by atoms with van der Waals surface area (Å²) in [7, 11) is 1.71. The van der Waals surface area contributed by atoms with E-state index >= 15 is 0 Å². The summed E-state index contributed by atoms with van der Waals surface area (Å²) in [5.74, 6) is 1.79. The lowest BCUT2D eigenvalue weighted by molar-refractivity contribution is 0.412. The van der Waals surface area contributed by atoms with Crippen LogP contribution in [0.5, 0.6) is 5.75 Å². The SMILES string of the molecule is COc1cc(C2CC2)sc1CN. The molecular formula is C9H13NOS. The number of rotatable bonds is 3. The first-order valence-corrected chi connectivity index (χ1v) is 5.03. The summed E-state index contributed by atoms with van der Waals surface area (Å²) in [4.78, 5) is 2.63. The molecule has 0 saturated heterocycles. The van der Waals surface area contributed by atoms with Crippen LogP contribution in [0.4, 0.5) is 0 Å². The van der Waals surface area contributed by atoms with Crippen molar-refractivity contribution in [3.05, 3.63) is 15.8 Å². The molecule has 0 aromatic carbocycles. The van der Waals surface area contributed by atoms with Gasteiger partial charge in [-0.25, -0.2) is 0 Å². The van der Waals surface area contributed by atoms with E-state index in [0.29, 0.717) is 6.54 Å². The molecule has 1 saturated carbocycles. The summed E-state index contributed by atoms with van der Waals surface area (Å²) in [6, 6.07) is 2.14. The van der Waals surface area contributed by atoms with Crippen LogP contribution >= 0.6 is 11.3 Å². The Hall–Kier alpha value is -0.540. The van der Waals surface area contributed by atoms with Crippen molar-refractivity contribution in [3.63, 3.8) is 0 Å². The van der Waals surface area contributed by atoms with E-state index in [9.17, 15) is 0 Å². The fourth-order valence-electron chi connectivity index (χ4n) is 1.32. The van der Waals surface area contributed by atoms with Crippen LogP contribution < -0.4 is 10.5 Å². The summed E-state index contributed by atoms with van der Waals surface area (Å²) in [6.07, 6.45) is 2.68. The van der Waals surface area contributed by atoms with Crippen molar-refractivity contribution in [2.75, 3.05) is 7.11 Å². The molecule has 1 heterocycles. The van der Waals surface area contributed by atoms with E-state index in [-0.39, 0.29) is 0 Å². The number of hydrogen-bond acceptors (Lipinski definition) is 3. The highest BCUT2D eigenvalue weighted by Gasteiger charge is 2.26. The van der Waals surface area contributed by atoms with Crippen LogP contribution in [0.3, 0.4) is 0 Å². The molecule has 2 nitrogen and oxygen atoms in total. The molecule has 66 valence electrons. The smallest absolute Gasteiger partial charge is 0.134 e. The first-order valence-electron chi connectivity index (χ1n) is 4.21. The second-order valence-corrected chi connectivity index (χ2v) is 4.29. The first kappa shape index (κ1) is 8.08. The van der Waals surface area contributed by atoms with Gasteiger partial charge < -0.3 is 10.5 Å². The Morgan fingerprint density at radius 2 is 2.42 bits per heavy atom. The highest BCUT2D eigenvalue weighted by atomic mass is 32.1. The van der Waals surface area contributed by atoms with Crippen molar-refractivity contribution in [1.82, 2.24) is 0 Å². The van der Waals surface area contributed by atoms with Gasteiger partial charge in [0.05, 0.1) is 12.0 Å². The van der Waals surface area contributed by atoms with E-state index in [2.05, 4.69) is 6.07 Å². The topological polar surface area (TPSA) is 35.2 Å². The Morgan fingerprint density at radius 3 is 2.83 bits per heavy atom. The lowest BCUT2D eigenvalue weighted by atomic mass is 10.3. The summed E-state index contributed by atoms with van der Waals surface area (Å²) in [5.41, 5.74) is 5.59. The largest absolute Gasteiger partial charge is 0.496 e. The zero-order valence-electron chi connectivity index (χ0n) is 7.17. The molecular weight excluding hydrogens is 170 g/mol. The van der Waals surface area contributed by atoms with Crippen molar-refractivity contribution in [3.8, 4) is 5.75 Å². The molecule has 1 aromatic heterocycles. The average molecular weight is 183 g/mol. The predicted molar refractivity (Wildman–Crippen MR) is 50.7 cm³/mol. The van der Waals surface area contributed by atoms with Gasteiger partial charge in [0.2, 0.25) is 0 Å². The van der Waals surface area contributed by atoms with Crippen LogP contribution in [-0.2, 0) is 6.54 Å². The summed E-state index contributed by atoms with van der Waals surface area (Å²) in [6.45, 7) is 0.598. The van der Waals surface area contributed by atoms with Crippen LogP contribution in [-0.4, -0.2) is 7.11 Å². The zero-order valence-corrected chi connectivity index (χ0v) is 7.99. The van der Waals surface area contributed by atoms with Gasteiger partial charge in [0.25, 0.3) is 0 Å². The van der Waals surface area contributed by atoms with Gasteiger partial charge in [-0.05, 0) is 24.8 Å². The van der Waals surface area contributed by atoms with Crippen molar-refractivity contribution in [2.45, 2.75) is 25.3 Å². The van der Waals surface area contributed by atoms with Gasteiger partial charge in [-0.2, -0.15) is 0 Å². The van der Waals surface area contributed by atoms with E-state index < -0.39 is 0 Å². The standard InChI is InChI=1S/C9H13NOS/c1-11-7-4-8(6-2-3-6)12-9(7)5-10/h4,6H,2-3,5,10H2,1H3. The van der Waals surface area contributed by atoms with E-state index in [1.165, 1.54) is 22.6 Å². The van der Waals surface area contributed by atoms with Crippen molar-refractivity contribution in [1.29, 1.82) is 0 Å². The predicted octanol–water partition coefficient (Wildman–Crippen LogP) is 2.09. The van der Waals surface area contributed by atoms with E-state index in [1.54, 1.807) is 18.4 Å². The normalized spacial score (nSPS) is 16.5. The quantitative estimate of drug-likeness (QED) is 0.778. The summed E-state index contributed by atoms with van der Waals surface area (Å²) in [5, 5.41) is 0. The molecule has 0 aliphatic heterocycles. The van der Waals surface area contributed by atoms with Crippen molar-refractivity contribution >= 4 is 11.3 Å². The summed E-state index contributed by atoms with van der Waals surface area (Å²) >= 11 is 1.80. The highest BCUT2D eigenvalue weighted by Crippen LogP contribution is 2.45. The maximum Gasteiger partial charge on any atom is 0.134 e. The molecule has 2 rings (SSSR count). The molecule has 0 unspecified atom stereocenters. The Balaban J connectivity index is 2.27. The average Bonchev–Trinajstić information content (AvgIpc) is 2.85. The van der Waals surface area contributed by atoms with Gasteiger partial charge in [-0.3, -0.25) is 0 Å². The van der Waals surface area contributed by atoms with Crippen LogP contribution in [0.2, 0.25) is 0 Å². The number of methoxy groups -OCH3 is 1. The van der Waals surface area contributed by atoms with Crippen LogP contribution in [0, 0.1) is 0 Å². The number of thiophene rings is 1. The fourth-order valence-corrected chi connectivity index (χ4v) is 2.49. The molecule has 0 atom stereocenters. The molecule has 0 amide bonds. The van der Waals surface area contributed by atoms with Crippen molar-refractivity contribution in [2.24, 2.45) is 5.73 Å². The van der Waals surface area contributed by atoms with E-state index in [4.69, 9.17) is 10.5 Å². The lowest BCUT2D eigenvalue weighted by Crippen LogP contribution is -1.94. The minimum atomic E-state index is 0.598. The molecule has 1 aliphatic carbocycles. The zero-order chi connectivity index (χ0) is 8.55. The molecule has 0 bridgehead atoms. The minimum absolute atomic E-state index is 0.598. The second kappa shape index (κ2) is 3.07. The Morgan fingerprint density at radius 1 is 1.67 bits per heavy atom. The fraction of sp³-hybridized carbons (Fsp3) is 0.556. The minimum Gasteiger partial charge on any atom is -0.496 e. The third-order valence-electron chi connectivity index (χ3n) is 2.17. The molecule has 12 heavy (non-hydrogen) atoms. The number of ether oxygens (including phenoxy) is 1. The van der Waals surface area contributed by atoms with Gasteiger partial charge >= 0.3 is 0 Å². The van der Waals surface area contributed by atoms with Gasteiger partial charge in [-0.15, -0.1) is 11.3 Å². The lowest BCUT2D eigenvalue weighted by Gasteiger charge is -1.96. The maximum absolute atomic E-state index is 5.59. The molecule has 1 aromatic rings. The molecule has 0 spiro atoms. The van der Waals surface area contributed by atoms with E-state index in [1.807, 2.05) is 0 Å². The molecule has 1 aliphatic rings. The third kappa shape index (κ3) is 1.34.